The van der Waals surface area contributed by atoms with Crippen LogP contribution in [0, 0.1) is 0 Å². The fraction of sp³-hybridized carbons (Fsp3) is 0.222. The summed E-state index contributed by atoms with van der Waals surface area (Å²) in [5.41, 5.74) is 3.36. The fourth-order valence-corrected chi connectivity index (χ4v) is 2.36. The molecule has 150 valence electrons. The van der Waals surface area contributed by atoms with Crippen molar-refractivity contribution in [2.45, 2.75) is 19.2 Å². The number of nitrogens with one attached hydrogen (secondary N) is 2. The Kier molecular flexibility index (Phi) is 7.27. The van der Waals surface area contributed by atoms with Crippen LogP contribution in [0.15, 0.2) is 53.0 Å². The topological polar surface area (TPSA) is 76.7 Å². The van der Waals surface area contributed by atoms with Crippen molar-refractivity contribution in [1.82, 2.24) is 10.9 Å². The van der Waals surface area contributed by atoms with E-state index in [0.717, 1.165) is 16.6 Å². The molecular formula is C18H16BrF3N2O4. The van der Waals surface area contributed by atoms with Crippen LogP contribution in [0.1, 0.15) is 12.5 Å². The van der Waals surface area contributed by atoms with Gasteiger partial charge in [-0.15, -0.1) is 0 Å². The van der Waals surface area contributed by atoms with Gasteiger partial charge in [-0.2, -0.15) is 13.2 Å². The Labute approximate surface area is 167 Å². The van der Waals surface area contributed by atoms with Crippen LogP contribution in [0.5, 0.6) is 11.5 Å². The van der Waals surface area contributed by atoms with E-state index in [4.69, 9.17) is 9.47 Å². The summed E-state index contributed by atoms with van der Waals surface area (Å²) in [7, 11) is 0. The maximum atomic E-state index is 12.6. The van der Waals surface area contributed by atoms with E-state index in [0.29, 0.717) is 5.75 Å². The molecule has 0 saturated carbocycles. The summed E-state index contributed by atoms with van der Waals surface area (Å²) < 4.78 is 49.1. The smallest absolute Gasteiger partial charge is 0.416 e. The van der Waals surface area contributed by atoms with E-state index in [1.165, 1.54) is 19.1 Å². The van der Waals surface area contributed by atoms with Crippen LogP contribution >= 0.6 is 15.9 Å². The van der Waals surface area contributed by atoms with Gasteiger partial charge in [-0.05, 0) is 43.3 Å². The summed E-state index contributed by atoms with van der Waals surface area (Å²) in [6, 6.07) is 11.0. The largest absolute Gasteiger partial charge is 0.484 e. The molecule has 2 aromatic carbocycles. The lowest BCUT2D eigenvalue weighted by Gasteiger charge is -2.15. The maximum absolute atomic E-state index is 12.6. The first-order chi connectivity index (χ1) is 13.1. The third-order valence-electron chi connectivity index (χ3n) is 3.33. The highest BCUT2D eigenvalue weighted by Gasteiger charge is 2.30. The summed E-state index contributed by atoms with van der Waals surface area (Å²) in [5, 5.41) is 0. The van der Waals surface area contributed by atoms with Crippen LogP contribution in [0.4, 0.5) is 13.2 Å². The number of amides is 2. The van der Waals surface area contributed by atoms with Gasteiger partial charge in [0.15, 0.2) is 12.7 Å². The molecule has 0 saturated heterocycles. The van der Waals surface area contributed by atoms with Crippen molar-refractivity contribution in [3.63, 3.8) is 0 Å². The summed E-state index contributed by atoms with van der Waals surface area (Å²) in [6.07, 6.45) is -5.42. The zero-order chi connectivity index (χ0) is 20.7. The molecule has 2 N–H and O–H groups in total. The molecule has 2 aromatic rings. The first kappa shape index (κ1) is 21.5. The summed E-state index contributed by atoms with van der Waals surface area (Å²) in [6.45, 7) is 0.907. The SMILES string of the molecule is C[C@@H](Oc1cccc(Br)c1)C(=O)NNC(=O)COc1cccc(C(F)(F)F)c1. The van der Waals surface area contributed by atoms with Gasteiger partial charge in [-0.25, -0.2) is 0 Å². The molecule has 0 aliphatic rings. The first-order valence-corrected chi connectivity index (χ1v) is 8.75. The minimum Gasteiger partial charge on any atom is -0.484 e. The number of benzene rings is 2. The minimum atomic E-state index is -4.51. The third-order valence-corrected chi connectivity index (χ3v) is 3.83. The second-order valence-corrected chi connectivity index (χ2v) is 6.48. The van der Waals surface area contributed by atoms with Crippen LogP contribution in [0.2, 0.25) is 0 Å². The van der Waals surface area contributed by atoms with E-state index in [1.54, 1.807) is 24.3 Å². The molecule has 0 bridgehead atoms. The molecule has 0 unspecified atom stereocenters. The van der Waals surface area contributed by atoms with E-state index in [9.17, 15) is 22.8 Å². The van der Waals surface area contributed by atoms with Crippen molar-refractivity contribution in [3.8, 4) is 11.5 Å². The first-order valence-electron chi connectivity index (χ1n) is 7.96. The van der Waals surface area contributed by atoms with Gasteiger partial charge in [0.25, 0.3) is 11.8 Å². The van der Waals surface area contributed by atoms with Gasteiger partial charge in [-0.1, -0.05) is 28.1 Å². The summed E-state index contributed by atoms with van der Waals surface area (Å²) in [4.78, 5) is 23.6. The Morgan fingerprint density at radius 2 is 1.75 bits per heavy atom. The molecule has 0 fully saturated rings. The van der Waals surface area contributed by atoms with Crippen LogP contribution in [-0.4, -0.2) is 24.5 Å². The summed E-state index contributed by atoms with van der Waals surface area (Å²) >= 11 is 3.28. The molecule has 0 radical (unpaired) electrons. The average Bonchev–Trinajstić information content (AvgIpc) is 2.64. The molecular weight excluding hydrogens is 445 g/mol. The lowest BCUT2D eigenvalue weighted by Crippen LogP contribution is -2.48. The van der Waals surface area contributed by atoms with Crippen molar-refractivity contribution in [2.24, 2.45) is 0 Å². The Bertz CT molecular complexity index is 846. The fourth-order valence-electron chi connectivity index (χ4n) is 1.98. The third kappa shape index (κ3) is 6.76. The molecule has 0 aliphatic carbocycles. The van der Waals surface area contributed by atoms with E-state index in [-0.39, 0.29) is 5.75 Å². The highest BCUT2D eigenvalue weighted by molar-refractivity contribution is 9.10. The Morgan fingerprint density at radius 3 is 2.43 bits per heavy atom. The van der Waals surface area contributed by atoms with Crippen LogP contribution in [-0.2, 0) is 15.8 Å². The lowest BCUT2D eigenvalue weighted by molar-refractivity contribution is -0.137. The van der Waals surface area contributed by atoms with Crippen LogP contribution in [0.25, 0.3) is 0 Å². The zero-order valence-corrected chi connectivity index (χ0v) is 16.1. The highest BCUT2D eigenvalue weighted by atomic mass is 79.9. The maximum Gasteiger partial charge on any atom is 0.416 e. The number of rotatable bonds is 6. The van der Waals surface area contributed by atoms with E-state index >= 15 is 0 Å². The predicted octanol–water partition coefficient (Wildman–Crippen LogP) is 3.46. The van der Waals surface area contributed by atoms with Crippen LogP contribution in [0.3, 0.4) is 0 Å². The van der Waals surface area contributed by atoms with Gasteiger partial charge in [0.2, 0.25) is 0 Å². The predicted molar refractivity (Wildman–Crippen MR) is 97.5 cm³/mol. The van der Waals surface area contributed by atoms with Gasteiger partial charge in [0.1, 0.15) is 11.5 Å². The quantitative estimate of drug-likeness (QED) is 0.647. The van der Waals surface area contributed by atoms with E-state index < -0.39 is 36.3 Å². The van der Waals surface area contributed by atoms with Crippen molar-refractivity contribution < 1.29 is 32.2 Å². The number of carbonyl (C=O) groups excluding carboxylic acids is 2. The lowest BCUT2D eigenvalue weighted by atomic mass is 10.2. The molecule has 0 aliphatic heterocycles. The molecule has 1 atom stereocenters. The van der Waals surface area contributed by atoms with Crippen molar-refractivity contribution >= 4 is 27.7 Å². The number of halogens is 4. The Balaban J connectivity index is 1.78. The van der Waals surface area contributed by atoms with Crippen molar-refractivity contribution in [3.05, 3.63) is 58.6 Å². The van der Waals surface area contributed by atoms with Gasteiger partial charge in [0.05, 0.1) is 5.56 Å². The Morgan fingerprint density at radius 1 is 1.07 bits per heavy atom. The average molecular weight is 461 g/mol. The molecule has 2 rings (SSSR count). The zero-order valence-electron chi connectivity index (χ0n) is 14.5. The van der Waals surface area contributed by atoms with Gasteiger partial charge in [-0.3, -0.25) is 20.4 Å². The number of hydrogen-bond donors (Lipinski definition) is 2. The highest BCUT2D eigenvalue weighted by Crippen LogP contribution is 2.31. The van der Waals surface area contributed by atoms with Crippen molar-refractivity contribution in [2.75, 3.05) is 6.61 Å². The van der Waals surface area contributed by atoms with Gasteiger partial charge < -0.3 is 9.47 Å². The second-order valence-electron chi connectivity index (χ2n) is 5.57. The van der Waals surface area contributed by atoms with Crippen LogP contribution < -0.4 is 20.3 Å². The summed E-state index contributed by atoms with van der Waals surface area (Å²) in [5.74, 6) is -1.04. The molecule has 10 heteroatoms. The second kappa shape index (κ2) is 9.45. The molecule has 0 aromatic heterocycles. The molecule has 0 spiro atoms. The minimum absolute atomic E-state index is 0.123. The number of alkyl halides is 3. The Hall–Kier alpha value is -2.75. The monoisotopic (exact) mass is 460 g/mol. The van der Waals surface area contributed by atoms with Crippen molar-refractivity contribution in [1.29, 1.82) is 0 Å². The number of carbonyl (C=O) groups is 2. The number of ether oxygens (including phenoxy) is 2. The molecule has 0 heterocycles. The molecule has 6 nitrogen and oxygen atoms in total. The van der Waals surface area contributed by atoms with Gasteiger partial charge >= 0.3 is 6.18 Å². The number of hydrogen-bond acceptors (Lipinski definition) is 4. The molecule has 2 amide bonds. The standard InChI is InChI=1S/C18H16BrF3N2O4/c1-11(28-15-7-3-5-13(19)9-15)17(26)24-23-16(25)10-27-14-6-2-4-12(8-14)18(20,21)22/h2-9,11H,10H2,1H3,(H,23,25)(H,24,26)/t11-/m1/s1. The van der Waals surface area contributed by atoms with E-state index in [1.807, 2.05) is 0 Å². The molecule has 28 heavy (non-hydrogen) atoms. The number of hydrazine groups is 1. The van der Waals surface area contributed by atoms with Gasteiger partial charge in [0, 0.05) is 4.47 Å². The normalized spacial score (nSPS) is 12.0. The van der Waals surface area contributed by atoms with E-state index in [2.05, 4.69) is 26.8 Å².